The predicted molar refractivity (Wildman–Crippen MR) is 103 cm³/mol. The van der Waals surface area contributed by atoms with Crippen molar-refractivity contribution in [3.8, 4) is 0 Å². The van der Waals surface area contributed by atoms with Gasteiger partial charge in [0.05, 0.1) is 11.7 Å². The average Bonchev–Trinajstić information content (AvgIpc) is 3.04. The molecule has 7 nitrogen and oxygen atoms in total. The zero-order chi connectivity index (χ0) is 20.4. The van der Waals surface area contributed by atoms with Crippen LogP contribution < -0.4 is 16.0 Å². The third-order valence-electron chi connectivity index (χ3n) is 4.54. The van der Waals surface area contributed by atoms with Crippen molar-refractivity contribution in [1.29, 1.82) is 0 Å². The molecule has 0 fully saturated rings. The number of nitrogens with zero attached hydrogens (tertiary/aromatic N) is 1. The molecule has 3 rings (SSSR count). The number of hydrogen-bond acceptors (Lipinski definition) is 3. The SMILES string of the molecule is Cc1ccc(C(=O)Nc2cc3n(c2)C(CC(=O)NC(C)C)CNC3=O)cc1F. The van der Waals surface area contributed by atoms with Crippen LogP contribution in [0.4, 0.5) is 10.1 Å². The summed E-state index contributed by atoms with van der Waals surface area (Å²) < 4.78 is 15.4. The molecule has 1 aliphatic heterocycles. The predicted octanol–water partition coefficient (Wildman–Crippen LogP) is 2.39. The maximum atomic E-state index is 13.7. The van der Waals surface area contributed by atoms with Gasteiger partial charge in [0.1, 0.15) is 11.5 Å². The van der Waals surface area contributed by atoms with Crippen LogP contribution >= 0.6 is 0 Å². The van der Waals surface area contributed by atoms with Gasteiger partial charge in [-0.15, -0.1) is 0 Å². The third kappa shape index (κ3) is 4.21. The highest BCUT2D eigenvalue weighted by atomic mass is 19.1. The topological polar surface area (TPSA) is 92.2 Å². The first-order valence-corrected chi connectivity index (χ1v) is 9.11. The highest BCUT2D eigenvalue weighted by Gasteiger charge is 2.28. The number of anilines is 1. The maximum Gasteiger partial charge on any atom is 0.268 e. The van der Waals surface area contributed by atoms with Crippen molar-refractivity contribution in [2.45, 2.75) is 39.3 Å². The summed E-state index contributed by atoms with van der Waals surface area (Å²) in [5.41, 5.74) is 1.41. The Bertz CT molecular complexity index is 936. The lowest BCUT2D eigenvalue weighted by Crippen LogP contribution is -2.41. The number of carbonyl (C=O) groups excluding carboxylic acids is 3. The molecule has 1 unspecified atom stereocenters. The Hall–Kier alpha value is -3.16. The van der Waals surface area contributed by atoms with E-state index in [-0.39, 0.29) is 35.9 Å². The van der Waals surface area contributed by atoms with Crippen LogP contribution in [0.15, 0.2) is 30.5 Å². The summed E-state index contributed by atoms with van der Waals surface area (Å²) in [4.78, 5) is 36.7. The van der Waals surface area contributed by atoms with E-state index in [0.29, 0.717) is 23.5 Å². The van der Waals surface area contributed by atoms with E-state index in [0.717, 1.165) is 0 Å². The zero-order valence-corrected chi connectivity index (χ0v) is 16.0. The molecule has 1 aromatic carbocycles. The molecule has 1 atom stereocenters. The van der Waals surface area contributed by atoms with E-state index in [9.17, 15) is 18.8 Å². The second kappa shape index (κ2) is 7.84. The second-order valence-corrected chi connectivity index (χ2v) is 7.23. The molecular weight excluding hydrogens is 363 g/mol. The van der Waals surface area contributed by atoms with Gasteiger partial charge >= 0.3 is 0 Å². The van der Waals surface area contributed by atoms with Gasteiger partial charge in [-0.25, -0.2) is 4.39 Å². The van der Waals surface area contributed by atoms with Gasteiger partial charge in [0, 0.05) is 30.8 Å². The lowest BCUT2D eigenvalue weighted by molar-refractivity contribution is -0.122. The van der Waals surface area contributed by atoms with Crippen LogP contribution in [0.1, 0.15) is 52.7 Å². The molecule has 3 amide bonds. The van der Waals surface area contributed by atoms with Crippen molar-refractivity contribution in [2.24, 2.45) is 0 Å². The van der Waals surface area contributed by atoms with Crippen molar-refractivity contribution in [1.82, 2.24) is 15.2 Å². The quantitative estimate of drug-likeness (QED) is 0.737. The molecule has 0 spiro atoms. The van der Waals surface area contributed by atoms with Gasteiger partial charge in [-0.1, -0.05) is 6.07 Å². The Labute approximate surface area is 162 Å². The fourth-order valence-electron chi connectivity index (χ4n) is 3.13. The molecular formula is C20H23FN4O3. The number of benzene rings is 1. The summed E-state index contributed by atoms with van der Waals surface area (Å²) in [7, 11) is 0. The van der Waals surface area contributed by atoms with Gasteiger partial charge < -0.3 is 20.5 Å². The number of amides is 3. The molecule has 148 valence electrons. The lowest BCUT2D eigenvalue weighted by Gasteiger charge is -2.26. The summed E-state index contributed by atoms with van der Waals surface area (Å²) in [6, 6.07) is 5.56. The van der Waals surface area contributed by atoms with E-state index in [1.165, 1.54) is 18.2 Å². The van der Waals surface area contributed by atoms with Gasteiger partial charge in [0.15, 0.2) is 0 Å². The first-order valence-electron chi connectivity index (χ1n) is 9.11. The summed E-state index contributed by atoms with van der Waals surface area (Å²) >= 11 is 0. The molecule has 0 saturated heterocycles. The van der Waals surface area contributed by atoms with Crippen molar-refractivity contribution >= 4 is 23.4 Å². The summed E-state index contributed by atoms with van der Waals surface area (Å²) in [5, 5.41) is 8.27. The number of rotatable bonds is 5. The molecule has 0 radical (unpaired) electrons. The number of hydrogen-bond donors (Lipinski definition) is 3. The van der Waals surface area contributed by atoms with Gasteiger partial charge in [-0.05, 0) is 44.5 Å². The number of halogens is 1. The van der Waals surface area contributed by atoms with Crippen molar-refractivity contribution in [3.05, 3.63) is 53.1 Å². The van der Waals surface area contributed by atoms with E-state index in [1.807, 2.05) is 13.8 Å². The molecule has 3 N–H and O–H groups in total. The molecule has 0 bridgehead atoms. The van der Waals surface area contributed by atoms with Crippen LogP contribution in [0.2, 0.25) is 0 Å². The Kier molecular flexibility index (Phi) is 5.48. The number of nitrogens with one attached hydrogen (secondary N) is 3. The Morgan fingerprint density at radius 2 is 2.07 bits per heavy atom. The standard InChI is InChI=1S/C20H23FN4O3/c1-11(2)23-18(26)8-15-9-22-20(28)17-7-14(10-25(15)17)24-19(27)13-5-4-12(3)16(21)6-13/h4-7,10-11,15H,8-9H2,1-3H3,(H,22,28)(H,23,26)(H,24,27). The van der Waals surface area contributed by atoms with Gasteiger partial charge in [0.2, 0.25) is 5.91 Å². The number of aromatic nitrogens is 1. The van der Waals surface area contributed by atoms with Crippen molar-refractivity contribution in [2.75, 3.05) is 11.9 Å². The first-order chi connectivity index (χ1) is 13.2. The number of fused-ring (bicyclic) bond motifs is 1. The van der Waals surface area contributed by atoms with E-state index in [1.54, 1.807) is 23.8 Å². The minimum Gasteiger partial charge on any atom is -0.354 e. The summed E-state index contributed by atoms with van der Waals surface area (Å²) in [6.45, 7) is 5.70. The van der Waals surface area contributed by atoms with Crippen LogP contribution in [0.5, 0.6) is 0 Å². The minimum atomic E-state index is -0.476. The minimum absolute atomic E-state index is 0.0274. The van der Waals surface area contributed by atoms with Crippen LogP contribution in [0.25, 0.3) is 0 Å². The second-order valence-electron chi connectivity index (χ2n) is 7.23. The molecule has 1 aromatic heterocycles. The Balaban J connectivity index is 1.78. The van der Waals surface area contributed by atoms with E-state index in [4.69, 9.17) is 0 Å². The van der Waals surface area contributed by atoms with E-state index < -0.39 is 11.7 Å². The summed E-state index contributed by atoms with van der Waals surface area (Å²) in [6.07, 6.45) is 1.83. The van der Waals surface area contributed by atoms with Gasteiger partial charge in [-0.2, -0.15) is 0 Å². The van der Waals surface area contributed by atoms with E-state index in [2.05, 4.69) is 16.0 Å². The fraction of sp³-hybridized carbons (Fsp3) is 0.350. The maximum absolute atomic E-state index is 13.7. The molecule has 0 saturated carbocycles. The Morgan fingerprint density at radius 1 is 1.32 bits per heavy atom. The fourth-order valence-corrected chi connectivity index (χ4v) is 3.13. The average molecular weight is 386 g/mol. The number of carbonyl (C=O) groups is 3. The van der Waals surface area contributed by atoms with Crippen LogP contribution in [-0.4, -0.2) is 34.9 Å². The molecule has 1 aliphatic rings. The van der Waals surface area contributed by atoms with E-state index >= 15 is 0 Å². The third-order valence-corrected chi connectivity index (χ3v) is 4.54. The lowest BCUT2D eigenvalue weighted by atomic mass is 10.1. The molecule has 2 aromatic rings. The monoisotopic (exact) mass is 386 g/mol. The largest absolute Gasteiger partial charge is 0.354 e. The molecule has 2 heterocycles. The Morgan fingerprint density at radius 3 is 2.75 bits per heavy atom. The number of aryl methyl sites for hydroxylation is 1. The highest BCUT2D eigenvalue weighted by molar-refractivity contribution is 6.05. The molecule has 28 heavy (non-hydrogen) atoms. The van der Waals surface area contributed by atoms with Gasteiger partial charge in [-0.3, -0.25) is 14.4 Å². The van der Waals surface area contributed by atoms with Crippen molar-refractivity contribution < 1.29 is 18.8 Å². The van der Waals surface area contributed by atoms with Crippen LogP contribution in [0, 0.1) is 12.7 Å². The van der Waals surface area contributed by atoms with Crippen LogP contribution in [-0.2, 0) is 4.79 Å². The first kappa shape index (κ1) is 19.6. The van der Waals surface area contributed by atoms with Gasteiger partial charge in [0.25, 0.3) is 11.8 Å². The van der Waals surface area contributed by atoms with Crippen molar-refractivity contribution in [3.63, 3.8) is 0 Å². The normalized spacial score (nSPS) is 15.8. The summed E-state index contributed by atoms with van der Waals surface area (Å²) in [5.74, 6) is -1.32. The molecule has 8 heteroatoms. The molecule has 0 aliphatic carbocycles. The smallest absolute Gasteiger partial charge is 0.268 e. The van der Waals surface area contributed by atoms with Crippen LogP contribution in [0.3, 0.4) is 0 Å². The highest BCUT2D eigenvalue weighted by Crippen LogP contribution is 2.25. The zero-order valence-electron chi connectivity index (χ0n) is 16.0.